The summed E-state index contributed by atoms with van der Waals surface area (Å²) in [5.41, 5.74) is -1.30. The van der Waals surface area contributed by atoms with Gasteiger partial charge in [0.05, 0.1) is 30.4 Å². The molecule has 0 saturated carbocycles. The van der Waals surface area contributed by atoms with Gasteiger partial charge in [-0.05, 0) is 36.9 Å². The van der Waals surface area contributed by atoms with E-state index in [9.17, 15) is 31.6 Å². The summed E-state index contributed by atoms with van der Waals surface area (Å²) in [7, 11) is -2.58. The van der Waals surface area contributed by atoms with Gasteiger partial charge in [-0.15, -0.1) is 0 Å². The van der Waals surface area contributed by atoms with Crippen LogP contribution in [0.4, 0.5) is 8.78 Å². The van der Waals surface area contributed by atoms with Crippen LogP contribution in [0, 0.1) is 11.6 Å². The summed E-state index contributed by atoms with van der Waals surface area (Å²) in [5.74, 6) is -2.50. The van der Waals surface area contributed by atoms with Crippen LogP contribution in [0.2, 0.25) is 5.02 Å². The first-order valence-electron chi connectivity index (χ1n) is 10.9. The minimum atomic E-state index is -4.09. The van der Waals surface area contributed by atoms with Gasteiger partial charge < -0.3 is 10.1 Å². The largest absolute Gasteiger partial charge is 0.471 e. The van der Waals surface area contributed by atoms with Crippen LogP contribution in [0.1, 0.15) is 15.9 Å². The fraction of sp³-hybridized carbons (Fsp3) is 0.217. The Labute approximate surface area is 218 Å². The van der Waals surface area contributed by atoms with E-state index in [0.29, 0.717) is 15.6 Å². The van der Waals surface area contributed by atoms with Crippen molar-refractivity contribution in [2.24, 2.45) is 0 Å². The molecule has 2 aromatic heterocycles. The molecule has 0 radical (unpaired) electrons. The van der Waals surface area contributed by atoms with Crippen LogP contribution in [-0.4, -0.2) is 52.3 Å². The second kappa shape index (κ2) is 10.5. The fourth-order valence-electron chi connectivity index (χ4n) is 3.75. The molecule has 11 nitrogen and oxygen atoms in total. The zero-order valence-corrected chi connectivity index (χ0v) is 21.5. The monoisotopic (exact) mass is 567 g/mol. The van der Waals surface area contributed by atoms with Crippen LogP contribution < -0.4 is 21.3 Å². The molecule has 0 spiro atoms. The number of halogens is 3. The van der Waals surface area contributed by atoms with Gasteiger partial charge in [0.25, 0.3) is 5.56 Å². The topological polar surface area (TPSA) is 134 Å². The number of rotatable bonds is 8. The average Bonchev–Trinajstić information content (AvgIpc) is 3.14. The molecule has 38 heavy (non-hydrogen) atoms. The lowest BCUT2D eigenvalue weighted by Crippen LogP contribution is -2.35. The summed E-state index contributed by atoms with van der Waals surface area (Å²) < 4.78 is 59.3. The number of aromatic nitrogens is 4. The van der Waals surface area contributed by atoms with Crippen LogP contribution in [0.15, 0.2) is 52.3 Å². The molecular weight excluding hydrogens is 548 g/mol. The Morgan fingerprint density at radius 3 is 2.53 bits per heavy atom. The molecule has 0 aliphatic carbocycles. The number of nitrogens with one attached hydrogen (secondary N) is 1. The predicted molar refractivity (Wildman–Crippen MR) is 134 cm³/mol. The van der Waals surface area contributed by atoms with E-state index in [1.54, 1.807) is 0 Å². The van der Waals surface area contributed by atoms with Gasteiger partial charge in [-0.25, -0.2) is 31.5 Å². The van der Waals surface area contributed by atoms with Gasteiger partial charge >= 0.3 is 5.69 Å². The maximum Gasteiger partial charge on any atom is 0.349 e. The van der Waals surface area contributed by atoms with E-state index in [2.05, 4.69) is 10.3 Å². The first-order valence-corrected chi connectivity index (χ1v) is 13.1. The second-order valence-electron chi connectivity index (χ2n) is 8.21. The van der Waals surface area contributed by atoms with Crippen LogP contribution in [-0.2, 0) is 23.2 Å². The van der Waals surface area contributed by atoms with Crippen LogP contribution in [0.3, 0.4) is 0 Å². The average molecular weight is 568 g/mol. The maximum absolute atomic E-state index is 13.8. The Morgan fingerprint density at radius 2 is 1.87 bits per heavy atom. The Balaban J connectivity index is 1.67. The molecule has 15 heteroatoms. The maximum atomic E-state index is 13.8. The lowest BCUT2D eigenvalue weighted by Gasteiger charge is -2.11. The molecule has 0 atom stereocenters. The lowest BCUT2D eigenvalue weighted by atomic mass is 10.2. The van der Waals surface area contributed by atoms with Crippen molar-refractivity contribution in [1.29, 1.82) is 0 Å². The third-order valence-corrected chi connectivity index (χ3v) is 6.80. The van der Waals surface area contributed by atoms with Gasteiger partial charge in [0.15, 0.2) is 5.02 Å². The summed E-state index contributed by atoms with van der Waals surface area (Å²) in [6.45, 7) is -0.681. The Morgan fingerprint density at radius 1 is 1.13 bits per heavy atom. The van der Waals surface area contributed by atoms with E-state index >= 15 is 0 Å². The Bertz CT molecular complexity index is 1800. The van der Waals surface area contributed by atoms with Crippen LogP contribution in [0.5, 0.6) is 5.88 Å². The first kappa shape index (κ1) is 27.2. The van der Waals surface area contributed by atoms with E-state index in [1.807, 2.05) is 0 Å². The number of nitrogens with zero attached hydrogens (tertiary/aromatic N) is 4. The zero-order chi connectivity index (χ0) is 27.8. The number of fused-ring (bicyclic) bond motifs is 1. The Kier molecular flexibility index (Phi) is 7.49. The number of ether oxygens (including phenoxy) is 1. The summed E-state index contributed by atoms with van der Waals surface area (Å²) in [5, 5.41) is 2.22. The number of hydrogen-bond acceptors (Lipinski definition) is 8. The van der Waals surface area contributed by atoms with E-state index in [-0.39, 0.29) is 42.2 Å². The second-order valence-corrected chi connectivity index (χ2v) is 10.4. The van der Waals surface area contributed by atoms with Crippen molar-refractivity contribution in [3.8, 4) is 5.88 Å². The summed E-state index contributed by atoms with van der Waals surface area (Å²) in [6.07, 6.45) is 1.96. The van der Waals surface area contributed by atoms with E-state index in [4.69, 9.17) is 16.3 Å². The highest BCUT2D eigenvalue weighted by Gasteiger charge is 2.23. The van der Waals surface area contributed by atoms with Crippen molar-refractivity contribution in [1.82, 2.24) is 23.4 Å². The molecule has 0 unspecified atom stereocenters. The molecule has 0 bridgehead atoms. The van der Waals surface area contributed by atoms with E-state index in [1.165, 1.54) is 31.3 Å². The minimum absolute atomic E-state index is 0.0267. The molecular formula is C23H20ClF2N5O6S. The lowest BCUT2D eigenvalue weighted by molar-refractivity contribution is 0.0916. The highest BCUT2D eigenvalue weighted by Crippen LogP contribution is 2.21. The molecule has 1 N–H and O–H groups in total. The third kappa shape index (κ3) is 5.23. The summed E-state index contributed by atoms with van der Waals surface area (Å²) in [6, 6.07) is 7.21. The number of carbonyl (C=O) groups excluding carboxylic acids is 1. The van der Waals surface area contributed by atoms with Crippen molar-refractivity contribution in [3.05, 3.63) is 91.3 Å². The molecule has 200 valence electrons. The van der Waals surface area contributed by atoms with Gasteiger partial charge in [0, 0.05) is 11.6 Å². The van der Waals surface area contributed by atoms with E-state index in [0.717, 1.165) is 27.8 Å². The summed E-state index contributed by atoms with van der Waals surface area (Å²) >= 11 is 6.12. The van der Waals surface area contributed by atoms with Crippen molar-refractivity contribution >= 4 is 38.6 Å². The van der Waals surface area contributed by atoms with Crippen molar-refractivity contribution in [2.75, 3.05) is 19.8 Å². The molecule has 2 heterocycles. The van der Waals surface area contributed by atoms with Crippen molar-refractivity contribution < 1.29 is 26.7 Å². The molecule has 4 rings (SSSR count). The molecule has 0 aliphatic rings. The number of benzene rings is 2. The first-order chi connectivity index (χ1) is 17.9. The number of likely N-dealkylation sites (N-methyl/N-ethyl adjacent to an activating group) is 1. The van der Waals surface area contributed by atoms with E-state index < -0.39 is 43.8 Å². The van der Waals surface area contributed by atoms with Crippen molar-refractivity contribution in [3.63, 3.8) is 0 Å². The zero-order valence-electron chi connectivity index (χ0n) is 19.9. The number of imidazole rings is 1. The minimum Gasteiger partial charge on any atom is -0.471 e. The highest BCUT2D eigenvalue weighted by molar-refractivity contribution is 7.89. The third-order valence-electron chi connectivity index (χ3n) is 5.46. The normalized spacial score (nSPS) is 11.7. The smallest absolute Gasteiger partial charge is 0.349 e. The molecule has 0 aliphatic heterocycles. The molecule has 2 aromatic carbocycles. The number of carbonyl (C=O) groups is 1. The molecule has 0 fully saturated rings. The van der Waals surface area contributed by atoms with Crippen LogP contribution >= 0.6 is 11.6 Å². The number of hydrogen-bond donors (Lipinski definition) is 1. The van der Waals surface area contributed by atoms with Gasteiger partial charge in [0.1, 0.15) is 24.6 Å². The van der Waals surface area contributed by atoms with Gasteiger partial charge in [-0.1, -0.05) is 17.7 Å². The Hall–Kier alpha value is -3.88. The quantitative estimate of drug-likeness (QED) is 0.339. The molecule has 0 amide bonds. The molecule has 4 aromatic rings. The van der Waals surface area contributed by atoms with Gasteiger partial charge in [-0.3, -0.25) is 14.2 Å². The highest BCUT2D eigenvalue weighted by atomic mass is 35.5. The summed E-state index contributed by atoms with van der Waals surface area (Å²) in [4.78, 5) is 42.1. The predicted octanol–water partition coefficient (Wildman–Crippen LogP) is 1.59. The van der Waals surface area contributed by atoms with Gasteiger partial charge in [0.2, 0.25) is 21.8 Å². The molecule has 0 saturated heterocycles. The van der Waals surface area contributed by atoms with Gasteiger partial charge in [-0.2, -0.15) is 3.97 Å². The standard InChI is InChI=1S/C23H20ClF2N5O6S/c1-27-9-19(32)30-17-6-3-13(7-18(17)31(23(30)34)38(2,35)36)10-29-12-28-21(20(24)22(29)33)37-11-14-4-5-15(25)8-16(14)26/h3-8,12,27H,9-11H2,1-2H3. The SMILES string of the molecule is CNCC(=O)n1c(=O)n(S(C)(=O)=O)c2cc(Cn3cnc(OCc4ccc(F)cc4F)c(Cl)c3=O)ccc21. The van der Waals surface area contributed by atoms with Crippen molar-refractivity contribution in [2.45, 2.75) is 13.2 Å². The fourth-order valence-corrected chi connectivity index (χ4v) is 4.83. The van der Waals surface area contributed by atoms with Crippen LogP contribution in [0.25, 0.3) is 11.0 Å².